The van der Waals surface area contributed by atoms with Crippen LogP contribution in [0.15, 0.2) is 6.20 Å². The Labute approximate surface area is 186 Å². The quantitative estimate of drug-likeness (QED) is 0.106. The predicted octanol–water partition coefficient (Wildman–Crippen LogP) is -3.76. The highest BCUT2D eigenvalue weighted by Crippen LogP contribution is 2.22. The Balaban J connectivity index is 2.82. The molecule has 1 aromatic heterocycles. The first-order valence-electron chi connectivity index (χ1n) is 10.5. The summed E-state index contributed by atoms with van der Waals surface area (Å²) in [6.07, 6.45) is 2.37. The second-order valence-electron chi connectivity index (χ2n) is 8.11. The number of carbonyl (C=O) groups excluding carboxylic acids is 1. The van der Waals surface area contributed by atoms with Crippen LogP contribution in [0.25, 0.3) is 0 Å². The maximum Gasteiger partial charge on any atom is 0.234 e. The Bertz CT molecular complexity index is 621. The van der Waals surface area contributed by atoms with Gasteiger partial charge in [-0.1, -0.05) is 5.21 Å². The SMILES string of the molecule is NC(=O)C(N)CCc1cn(CC(CO)(COCC(CO)CO)COCC(CO)CO)nn1. The third kappa shape index (κ3) is 9.83. The number of nitrogens with zero attached hydrogens (tertiary/aromatic N) is 3. The van der Waals surface area contributed by atoms with Gasteiger partial charge in [0.2, 0.25) is 5.91 Å². The van der Waals surface area contributed by atoms with Gasteiger partial charge in [0.25, 0.3) is 0 Å². The summed E-state index contributed by atoms with van der Waals surface area (Å²) in [5.74, 6) is -1.50. The molecule has 0 aromatic carbocycles. The van der Waals surface area contributed by atoms with Crippen molar-refractivity contribution >= 4 is 5.91 Å². The van der Waals surface area contributed by atoms with Crippen LogP contribution in [0.1, 0.15) is 12.1 Å². The highest BCUT2D eigenvalue weighted by molar-refractivity contribution is 5.79. The van der Waals surface area contributed by atoms with Gasteiger partial charge in [-0.05, 0) is 12.8 Å². The van der Waals surface area contributed by atoms with E-state index in [-0.39, 0.29) is 66.0 Å². The van der Waals surface area contributed by atoms with E-state index in [0.29, 0.717) is 18.5 Å². The summed E-state index contributed by atoms with van der Waals surface area (Å²) in [5.41, 5.74) is 10.4. The lowest BCUT2D eigenvalue weighted by molar-refractivity contribution is -0.119. The Morgan fingerprint density at radius 3 is 2.00 bits per heavy atom. The van der Waals surface area contributed by atoms with E-state index in [4.69, 9.17) is 20.9 Å². The molecule has 1 heterocycles. The monoisotopic (exact) mass is 463 g/mol. The fourth-order valence-electron chi connectivity index (χ4n) is 2.80. The van der Waals surface area contributed by atoms with Gasteiger partial charge in [-0.25, -0.2) is 0 Å². The minimum atomic E-state index is -0.945. The van der Waals surface area contributed by atoms with Gasteiger partial charge in [0.15, 0.2) is 0 Å². The summed E-state index contributed by atoms with van der Waals surface area (Å²) in [5, 5.41) is 55.1. The lowest BCUT2D eigenvalue weighted by atomic mass is 9.91. The van der Waals surface area contributed by atoms with Gasteiger partial charge >= 0.3 is 0 Å². The number of hydrogen-bond donors (Lipinski definition) is 7. The van der Waals surface area contributed by atoms with Crippen molar-refractivity contribution < 1.29 is 39.8 Å². The molecule has 0 bridgehead atoms. The molecule has 32 heavy (non-hydrogen) atoms. The van der Waals surface area contributed by atoms with E-state index >= 15 is 0 Å². The van der Waals surface area contributed by atoms with Gasteiger partial charge < -0.3 is 46.5 Å². The van der Waals surface area contributed by atoms with Crippen molar-refractivity contribution in [1.29, 1.82) is 0 Å². The number of aliphatic hydroxyl groups excluding tert-OH is 5. The van der Waals surface area contributed by atoms with Crippen molar-refractivity contribution in [2.24, 2.45) is 28.7 Å². The fraction of sp³-hybridized carbons (Fsp3) is 0.842. The summed E-state index contributed by atoms with van der Waals surface area (Å²) < 4.78 is 12.8. The molecule has 0 radical (unpaired) electrons. The molecule has 0 aliphatic rings. The number of aromatic nitrogens is 3. The molecule has 0 saturated carbocycles. The van der Waals surface area contributed by atoms with Crippen LogP contribution in [0.2, 0.25) is 0 Å². The van der Waals surface area contributed by atoms with Gasteiger partial charge in [-0.2, -0.15) is 0 Å². The smallest absolute Gasteiger partial charge is 0.234 e. The molecule has 186 valence electrons. The van der Waals surface area contributed by atoms with Gasteiger partial charge in [0.05, 0.1) is 83.2 Å². The molecular weight excluding hydrogens is 426 g/mol. The van der Waals surface area contributed by atoms with E-state index in [9.17, 15) is 30.3 Å². The van der Waals surface area contributed by atoms with Crippen LogP contribution in [-0.2, 0) is 27.2 Å². The van der Waals surface area contributed by atoms with Crippen LogP contribution in [0.4, 0.5) is 0 Å². The van der Waals surface area contributed by atoms with E-state index in [1.54, 1.807) is 6.20 Å². The molecule has 13 heteroatoms. The highest BCUT2D eigenvalue weighted by Gasteiger charge is 2.33. The Morgan fingerprint density at radius 2 is 1.56 bits per heavy atom. The number of amides is 1. The topological polar surface area (TPSA) is 219 Å². The third-order valence-corrected chi connectivity index (χ3v) is 5.05. The Hall–Kier alpha value is -1.71. The Kier molecular flexibility index (Phi) is 13.4. The van der Waals surface area contributed by atoms with E-state index in [2.05, 4.69) is 10.3 Å². The zero-order chi connectivity index (χ0) is 24.0. The van der Waals surface area contributed by atoms with Crippen LogP contribution in [0.5, 0.6) is 0 Å². The number of rotatable bonds is 19. The molecule has 0 saturated heterocycles. The largest absolute Gasteiger partial charge is 0.396 e. The molecule has 0 fully saturated rings. The maximum absolute atomic E-state index is 11.1. The number of hydrogen-bond acceptors (Lipinski definition) is 11. The third-order valence-electron chi connectivity index (χ3n) is 5.05. The molecule has 1 amide bonds. The number of ether oxygens (including phenoxy) is 2. The summed E-state index contributed by atoms with van der Waals surface area (Å²) in [4.78, 5) is 11.1. The first kappa shape index (κ1) is 28.3. The molecule has 9 N–H and O–H groups in total. The van der Waals surface area contributed by atoms with Crippen molar-refractivity contribution in [2.75, 3.05) is 59.5 Å². The van der Waals surface area contributed by atoms with Gasteiger partial charge in [0.1, 0.15) is 0 Å². The molecule has 1 unspecified atom stereocenters. The van der Waals surface area contributed by atoms with Crippen molar-refractivity contribution in [3.63, 3.8) is 0 Å². The number of aliphatic hydroxyl groups is 5. The lowest BCUT2D eigenvalue weighted by Crippen LogP contribution is -2.42. The average Bonchev–Trinajstić information content (AvgIpc) is 3.24. The zero-order valence-electron chi connectivity index (χ0n) is 18.3. The van der Waals surface area contributed by atoms with Crippen molar-refractivity contribution in [1.82, 2.24) is 15.0 Å². The average molecular weight is 464 g/mol. The molecule has 13 nitrogen and oxygen atoms in total. The number of carbonyl (C=O) groups is 1. The molecule has 1 aromatic rings. The summed E-state index contributed by atoms with van der Waals surface area (Å²) in [6, 6.07) is -0.782. The zero-order valence-corrected chi connectivity index (χ0v) is 18.3. The Morgan fingerprint density at radius 1 is 1.03 bits per heavy atom. The van der Waals surface area contributed by atoms with E-state index in [0.717, 1.165) is 0 Å². The van der Waals surface area contributed by atoms with E-state index in [1.807, 2.05) is 0 Å². The second kappa shape index (κ2) is 15.2. The number of primary amides is 1. The van der Waals surface area contributed by atoms with Crippen LogP contribution < -0.4 is 11.5 Å². The minimum absolute atomic E-state index is 0.0324. The molecule has 1 atom stereocenters. The van der Waals surface area contributed by atoms with Crippen molar-refractivity contribution in [2.45, 2.75) is 25.4 Å². The summed E-state index contributed by atoms with van der Waals surface area (Å²) in [6.45, 7) is -0.903. The standard InChI is InChI=1S/C19H37N5O8/c20-17(18(21)30)2-1-16-3-24(23-22-16)10-19(11-29,12-31-8-14(4-25)5-26)13-32-9-15(6-27)7-28/h3,14-15,17,25-29H,1-2,4-13,20H2,(H2,21,30). The first-order valence-corrected chi connectivity index (χ1v) is 10.5. The highest BCUT2D eigenvalue weighted by atomic mass is 16.5. The lowest BCUT2D eigenvalue weighted by Gasteiger charge is -2.32. The van der Waals surface area contributed by atoms with Crippen molar-refractivity contribution in [3.8, 4) is 0 Å². The minimum Gasteiger partial charge on any atom is -0.396 e. The van der Waals surface area contributed by atoms with Gasteiger partial charge in [-0.15, -0.1) is 5.10 Å². The van der Waals surface area contributed by atoms with Crippen LogP contribution in [0.3, 0.4) is 0 Å². The molecule has 1 rings (SSSR count). The van der Waals surface area contributed by atoms with Gasteiger partial charge in [-0.3, -0.25) is 9.48 Å². The van der Waals surface area contributed by atoms with Crippen LogP contribution in [0, 0.1) is 17.3 Å². The van der Waals surface area contributed by atoms with Crippen molar-refractivity contribution in [3.05, 3.63) is 11.9 Å². The molecule has 0 aliphatic carbocycles. The normalized spacial score (nSPS) is 13.2. The number of aryl methyl sites for hydroxylation is 1. The van der Waals surface area contributed by atoms with Crippen LogP contribution >= 0.6 is 0 Å². The van der Waals surface area contributed by atoms with Crippen LogP contribution in [-0.4, -0.2) is 112 Å². The predicted molar refractivity (Wildman–Crippen MR) is 112 cm³/mol. The first-order chi connectivity index (χ1) is 15.3. The van der Waals surface area contributed by atoms with Gasteiger partial charge in [0, 0.05) is 18.0 Å². The summed E-state index contributed by atoms with van der Waals surface area (Å²) >= 11 is 0. The second-order valence-corrected chi connectivity index (χ2v) is 8.11. The molecule has 0 spiro atoms. The molecular formula is C19H37N5O8. The van der Waals surface area contributed by atoms with E-state index < -0.39 is 29.2 Å². The number of nitrogens with two attached hydrogens (primary N) is 2. The maximum atomic E-state index is 11.1. The fourth-order valence-corrected chi connectivity index (χ4v) is 2.80. The van der Waals surface area contributed by atoms with E-state index in [1.165, 1.54) is 4.68 Å². The molecule has 0 aliphatic heterocycles. The summed E-state index contributed by atoms with van der Waals surface area (Å²) in [7, 11) is 0.